The smallest absolute Gasteiger partial charge is 0.247 e. The molecule has 0 radical (unpaired) electrons. The molecule has 121 heavy (non-hydrogen) atoms. The van der Waals surface area contributed by atoms with E-state index in [2.05, 4.69) is 121 Å². The average molecular weight is 1620 g/mol. The topological polar surface area (TPSA) is 304 Å². The zero-order chi connectivity index (χ0) is 85.2. The molecule has 16 aromatic rings. The van der Waals surface area contributed by atoms with Gasteiger partial charge in [0.25, 0.3) is 0 Å². The van der Waals surface area contributed by atoms with Crippen molar-refractivity contribution >= 4 is 90.7 Å². The van der Waals surface area contributed by atoms with Crippen LogP contribution >= 0.6 is 0 Å². The molecule has 27 nitrogen and oxygen atoms in total. The van der Waals surface area contributed by atoms with Gasteiger partial charge in [0.2, 0.25) is 23.8 Å². The minimum absolute atomic E-state index is 0.408. The average Bonchev–Trinajstić information content (AvgIpc) is 0.799. The summed E-state index contributed by atoms with van der Waals surface area (Å²) in [7, 11) is 16.4. The summed E-state index contributed by atoms with van der Waals surface area (Å²) in [6, 6.07) is 68.2. The second-order valence-electron chi connectivity index (χ2n) is 27.7. The van der Waals surface area contributed by atoms with Gasteiger partial charge in [0.15, 0.2) is 0 Å². The van der Waals surface area contributed by atoms with Crippen molar-refractivity contribution in [1.82, 2.24) is 60.7 Å². The molecule has 4 heterocycles. The van der Waals surface area contributed by atoms with Crippen LogP contribution in [0.2, 0.25) is 0 Å². The lowest BCUT2D eigenvalue weighted by Gasteiger charge is -2.12. The fraction of sp³-hybridized carbons (Fsp3) is 0.191. The molecule has 0 aliphatic heterocycles. The van der Waals surface area contributed by atoms with Crippen molar-refractivity contribution in [2.75, 3.05) is 99.0 Å². The largest absolute Gasteiger partial charge is 0.497 e. The third kappa shape index (κ3) is 20.4. The van der Waals surface area contributed by atoms with E-state index in [1.165, 1.54) is 11.1 Å². The Morgan fingerprint density at radius 1 is 0.240 bits per heavy atom. The van der Waals surface area contributed by atoms with Gasteiger partial charge in [0.1, 0.15) is 85.3 Å². The standard InChI is InChI=1S/C24H24N4O3.C24H24N4O2.2C23H22N4O3/c1-5-31-19-8-6-18(7-9-19)25-24-26-23-15(2)10-16(13-22(23)27-28-24)17-11-20(29-3)14-21(12-17)30-4;1-14-7-6-8-21(16(14)3)25-24-26-23-15(2)9-17(12-22(23)27-28-24)18-10-19(29-4)13-20(11-18)30-5;1-14-9-15(16-10-19(29-3)13-20(11-16)30-4)12-21-22(14)25-23(27-26-21)24-17-5-7-18(28-2)8-6-17;1-14-9-15(16-10-17(28-2)13-18(11-16)29-3)12-20-22(14)25-23(27-26-20)24-19-7-5-6-8-21(19)30-4/h6-14H,5H2,1-4H3,(H,25,26,28);6-13H,1-5H3,(H,25,26,28);2*5-13H,1-4H3,(H,24,25,27). The van der Waals surface area contributed by atoms with Crippen LogP contribution in [0.25, 0.3) is 88.6 Å². The van der Waals surface area contributed by atoms with Crippen LogP contribution in [0.1, 0.15) is 40.3 Å². The maximum absolute atomic E-state index is 5.47. The maximum atomic E-state index is 5.47. The molecule has 0 unspecified atom stereocenters. The minimum Gasteiger partial charge on any atom is -0.497 e. The Hall–Kier alpha value is -15.3. The van der Waals surface area contributed by atoms with Crippen molar-refractivity contribution in [3.63, 3.8) is 0 Å². The fourth-order valence-corrected chi connectivity index (χ4v) is 13.2. The number of hydrogen-bond acceptors (Lipinski definition) is 27. The van der Waals surface area contributed by atoms with Gasteiger partial charge in [0, 0.05) is 41.3 Å². The normalized spacial score (nSPS) is 10.7. The van der Waals surface area contributed by atoms with Crippen molar-refractivity contribution in [3.8, 4) is 108 Å². The van der Waals surface area contributed by atoms with Crippen LogP contribution in [0.3, 0.4) is 0 Å². The third-order valence-electron chi connectivity index (χ3n) is 19.7. The first kappa shape index (κ1) is 83.7. The van der Waals surface area contributed by atoms with Crippen LogP contribution < -0.4 is 73.4 Å². The molecule has 0 fully saturated rings. The number of nitrogens with one attached hydrogen (secondary N) is 4. The van der Waals surface area contributed by atoms with Crippen molar-refractivity contribution in [2.24, 2.45) is 0 Å². The molecule has 0 saturated carbocycles. The molecule has 0 amide bonds. The van der Waals surface area contributed by atoms with E-state index >= 15 is 0 Å². The molecule has 4 aromatic heterocycles. The number of aromatic nitrogens is 12. The van der Waals surface area contributed by atoms with Crippen LogP contribution in [0.5, 0.6) is 63.2 Å². The second kappa shape index (κ2) is 38.7. The van der Waals surface area contributed by atoms with Crippen molar-refractivity contribution < 1.29 is 52.1 Å². The summed E-state index contributed by atoms with van der Waals surface area (Å²) in [6.07, 6.45) is 0. The highest BCUT2D eigenvalue weighted by molar-refractivity contribution is 5.90. The molecule has 0 bridgehead atoms. The zero-order valence-electron chi connectivity index (χ0n) is 70.3. The van der Waals surface area contributed by atoms with Gasteiger partial charge in [0.05, 0.1) is 105 Å². The number of ether oxygens (including phenoxy) is 11. The number of fused-ring (bicyclic) bond motifs is 4. The molecule has 12 aromatic carbocycles. The second-order valence-corrected chi connectivity index (χ2v) is 27.7. The molecule has 0 aliphatic rings. The van der Waals surface area contributed by atoms with E-state index in [9.17, 15) is 0 Å². The Kier molecular flexibility index (Phi) is 26.7. The molecule has 16 rings (SSSR count). The fourth-order valence-electron chi connectivity index (χ4n) is 13.2. The Bertz CT molecular complexity index is 6300. The highest BCUT2D eigenvalue weighted by Crippen LogP contribution is 2.39. The summed E-state index contributed by atoms with van der Waals surface area (Å²) in [4.78, 5) is 18.7. The number of hydrogen-bond donors (Lipinski definition) is 4. The summed E-state index contributed by atoms with van der Waals surface area (Å²) < 4.78 is 59.2. The Morgan fingerprint density at radius 2 is 0.521 bits per heavy atom. The SMILES string of the molecule is CCOc1ccc(Nc2nnc3cc(-c4cc(OC)cc(OC)c4)cc(C)c3n2)cc1.COc1cc(OC)cc(-c2cc(C)c3nc(Nc4cccc(C)c4C)nnc3c2)c1.COc1cc(OC)cc(-c2cc(C)c3nc(Nc4ccccc4OC)nnc3c2)c1.COc1ccc(Nc2nnc3cc(-c4cc(OC)cc(OC)c4)cc(C)c3n2)cc1. The summed E-state index contributed by atoms with van der Waals surface area (Å²) in [5.74, 6) is 9.92. The van der Waals surface area contributed by atoms with Crippen LogP contribution in [-0.2, 0) is 0 Å². The summed E-state index contributed by atoms with van der Waals surface area (Å²) in [6.45, 7) is 14.8. The number of para-hydroxylation sites is 2. The predicted molar refractivity (Wildman–Crippen MR) is 475 cm³/mol. The van der Waals surface area contributed by atoms with E-state index in [0.717, 1.165) is 175 Å². The lowest BCUT2D eigenvalue weighted by Crippen LogP contribution is -2.02. The van der Waals surface area contributed by atoms with Gasteiger partial charge in [-0.25, -0.2) is 19.9 Å². The van der Waals surface area contributed by atoms with Gasteiger partial charge in [-0.2, -0.15) is 0 Å². The van der Waals surface area contributed by atoms with Crippen LogP contribution in [-0.4, -0.2) is 138 Å². The highest BCUT2D eigenvalue weighted by atomic mass is 16.5. The Balaban J connectivity index is 0.000000139. The molecule has 614 valence electrons. The molecular formula is C94H92N16O11. The lowest BCUT2D eigenvalue weighted by molar-refractivity contribution is 0.340. The van der Waals surface area contributed by atoms with Crippen molar-refractivity contribution in [1.29, 1.82) is 0 Å². The van der Waals surface area contributed by atoms with E-state index < -0.39 is 0 Å². The van der Waals surface area contributed by atoms with Crippen LogP contribution in [0.15, 0.2) is 212 Å². The van der Waals surface area contributed by atoms with E-state index in [4.69, 9.17) is 57.1 Å². The van der Waals surface area contributed by atoms with Crippen molar-refractivity contribution in [2.45, 2.75) is 48.5 Å². The third-order valence-corrected chi connectivity index (χ3v) is 19.7. The number of methoxy groups -OCH3 is 10. The first-order valence-corrected chi connectivity index (χ1v) is 38.5. The molecule has 0 aliphatic carbocycles. The number of rotatable bonds is 24. The van der Waals surface area contributed by atoms with E-state index in [-0.39, 0.29) is 0 Å². The summed E-state index contributed by atoms with van der Waals surface area (Å²) in [5, 5.41) is 47.5. The quantitative estimate of drug-likeness (QED) is 0.0437. The predicted octanol–water partition coefficient (Wildman–Crippen LogP) is 20.1. The van der Waals surface area contributed by atoms with Gasteiger partial charge in [-0.05, 0) is 290 Å². The van der Waals surface area contributed by atoms with Crippen LogP contribution in [0.4, 0.5) is 46.5 Å². The van der Waals surface area contributed by atoms with E-state index in [1.54, 1.807) is 71.1 Å². The molecule has 0 saturated heterocycles. The number of aryl methyl sites for hydroxylation is 5. The summed E-state index contributed by atoms with van der Waals surface area (Å²) >= 11 is 0. The highest BCUT2D eigenvalue weighted by Gasteiger charge is 2.18. The number of benzene rings is 12. The monoisotopic (exact) mass is 1620 g/mol. The van der Waals surface area contributed by atoms with Gasteiger partial charge < -0.3 is 73.4 Å². The van der Waals surface area contributed by atoms with Crippen LogP contribution in [0, 0.1) is 41.5 Å². The molecular weight excluding hydrogens is 1530 g/mol. The minimum atomic E-state index is 0.408. The zero-order valence-corrected chi connectivity index (χ0v) is 70.3. The first-order valence-electron chi connectivity index (χ1n) is 38.5. The number of nitrogens with zero attached hydrogens (tertiary/aromatic N) is 12. The van der Waals surface area contributed by atoms with Gasteiger partial charge in [-0.3, -0.25) is 0 Å². The lowest BCUT2D eigenvalue weighted by atomic mass is 10.0. The van der Waals surface area contributed by atoms with E-state index in [1.807, 2.05) is 217 Å². The molecule has 4 N–H and O–H groups in total. The molecule has 0 atom stereocenters. The molecule has 0 spiro atoms. The molecule has 27 heteroatoms. The summed E-state index contributed by atoms with van der Waals surface area (Å²) in [5.41, 5.74) is 23.8. The van der Waals surface area contributed by atoms with E-state index in [0.29, 0.717) is 52.7 Å². The Morgan fingerprint density at radius 3 is 0.826 bits per heavy atom. The number of anilines is 8. The van der Waals surface area contributed by atoms with Gasteiger partial charge in [-0.1, -0.05) is 24.3 Å². The maximum Gasteiger partial charge on any atom is 0.247 e. The van der Waals surface area contributed by atoms with Gasteiger partial charge >= 0.3 is 0 Å². The van der Waals surface area contributed by atoms with Crippen molar-refractivity contribution in [3.05, 3.63) is 246 Å². The Labute approximate surface area is 700 Å². The van der Waals surface area contributed by atoms with Gasteiger partial charge in [-0.15, -0.1) is 40.8 Å². The first-order chi connectivity index (χ1) is 58.8.